The molecule has 5 heteroatoms. The van der Waals surface area contributed by atoms with Crippen molar-refractivity contribution in [3.63, 3.8) is 0 Å². The lowest BCUT2D eigenvalue weighted by Gasteiger charge is -2.44. The van der Waals surface area contributed by atoms with Crippen LogP contribution in [0.3, 0.4) is 0 Å². The molecule has 0 N–H and O–H groups in total. The van der Waals surface area contributed by atoms with Gasteiger partial charge in [0.05, 0.1) is 0 Å². The first kappa shape index (κ1) is 20.9. The summed E-state index contributed by atoms with van der Waals surface area (Å²) in [6.07, 6.45) is 4.74. The van der Waals surface area contributed by atoms with Crippen LogP contribution in [0.5, 0.6) is 5.75 Å². The van der Waals surface area contributed by atoms with Crippen LogP contribution in [0, 0.1) is 5.82 Å². The predicted octanol–water partition coefficient (Wildman–Crippen LogP) is 4.20. The molecule has 2 atom stereocenters. The summed E-state index contributed by atoms with van der Waals surface area (Å²) >= 11 is 0. The largest absolute Gasteiger partial charge is 0.484 e. The van der Waals surface area contributed by atoms with Gasteiger partial charge in [0.2, 0.25) is 0 Å². The molecule has 2 aromatic rings. The van der Waals surface area contributed by atoms with Gasteiger partial charge in [-0.2, -0.15) is 0 Å². The minimum absolute atomic E-state index is 0.0357. The van der Waals surface area contributed by atoms with Gasteiger partial charge in [-0.25, -0.2) is 4.39 Å². The molecule has 0 bridgehead atoms. The van der Waals surface area contributed by atoms with Crippen molar-refractivity contribution in [3.05, 3.63) is 65.0 Å². The van der Waals surface area contributed by atoms with Gasteiger partial charge in [-0.1, -0.05) is 18.2 Å². The Morgan fingerprint density at radius 2 is 1.73 bits per heavy atom. The van der Waals surface area contributed by atoms with Crippen LogP contribution in [0.25, 0.3) is 0 Å². The van der Waals surface area contributed by atoms with Gasteiger partial charge >= 0.3 is 0 Å². The van der Waals surface area contributed by atoms with E-state index >= 15 is 0 Å². The number of benzene rings is 2. The normalized spacial score (nSPS) is 21.9. The van der Waals surface area contributed by atoms with Crippen molar-refractivity contribution in [2.24, 2.45) is 0 Å². The summed E-state index contributed by atoms with van der Waals surface area (Å²) in [5, 5.41) is 0. The van der Waals surface area contributed by atoms with Crippen molar-refractivity contribution in [1.29, 1.82) is 0 Å². The van der Waals surface area contributed by atoms with E-state index in [1.807, 2.05) is 23.1 Å². The van der Waals surface area contributed by atoms with Gasteiger partial charge in [0.25, 0.3) is 5.91 Å². The van der Waals surface area contributed by atoms with Gasteiger partial charge < -0.3 is 9.64 Å². The first-order valence-electron chi connectivity index (χ1n) is 11.0. The molecular weight excluding hydrogens is 379 g/mol. The molecule has 0 unspecified atom stereocenters. The molecule has 4 rings (SSSR count). The van der Waals surface area contributed by atoms with Crippen LogP contribution in [0.4, 0.5) is 4.39 Å². The second kappa shape index (κ2) is 9.17. The molecule has 0 radical (unpaired) electrons. The van der Waals surface area contributed by atoms with E-state index in [4.69, 9.17) is 4.74 Å². The van der Waals surface area contributed by atoms with Crippen molar-refractivity contribution in [2.75, 3.05) is 19.7 Å². The van der Waals surface area contributed by atoms with E-state index in [0.29, 0.717) is 6.54 Å². The highest BCUT2D eigenvalue weighted by Gasteiger charge is 2.32. The van der Waals surface area contributed by atoms with Crippen LogP contribution in [0.15, 0.2) is 42.5 Å². The number of halogens is 1. The molecule has 1 saturated heterocycles. The quantitative estimate of drug-likeness (QED) is 0.741. The molecule has 4 nitrogen and oxygen atoms in total. The average Bonchev–Trinajstić information content (AvgIpc) is 2.75. The fourth-order valence-electron chi connectivity index (χ4n) is 4.62. The van der Waals surface area contributed by atoms with Crippen LogP contribution in [0.2, 0.25) is 0 Å². The Bertz CT molecular complexity index is 883. The van der Waals surface area contributed by atoms with Crippen molar-refractivity contribution in [2.45, 2.75) is 58.2 Å². The summed E-state index contributed by atoms with van der Waals surface area (Å²) in [6, 6.07) is 13.3. The zero-order valence-corrected chi connectivity index (χ0v) is 17.9. The highest BCUT2D eigenvalue weighted by molar-refractivity contribution is 5.78. The van der Waals surface area contributed by atoms with Crippen LogP contribution in [-0.2, 0) is 24.2 Å². The topological polar surface area (TPSA) is 32.8 Å². The molecule has 30 heavy (non-hydrogen) atoms. The molecule has 0 aromatic heterocycles. The maximum absolute atomic E-state index is 13.2. The van der Waals surface area contributed by atoms with Gasteiger partial charge in [-0.15, -0.1) is 0 Å². The molecule has 1 heterocycles. The number of fused-ring (bicyclic) bond motifs is 1. The summed E-state index contributed by atoms with van der Waals surface area (Å²) in [6.45, 7) is 6.53. The zero-order chi connectivity index (χ0) is 21.1. The highest BCUT2D eigenvalue weighted by atomic mass is 19.1. The molecule has 2 aromatic carbocycles. The number of ether oxygens (including phenoxy) is 1. The Labute approximate surface area is 178 Å². The van der Waals surface area contributed by atoms with Crippen molar-refractivity contribution in [1.82, 2.24) is 9.80 Å². The fraction of sp³-hybridized carbons (Fsp3) is 0.480. The molecule has 1 fully saturated rings. The Morgan fingerprint density at radius 1 is 1.00 bits per heavy atom. The molecule has 1 aliphatic carbocycles. The maximum atomic E-state index is 13.2. The SMILES string of the molecule is C[C@@H]1CN(Cc2ccc(F)cc2)[C@@H](C)CN1C(=O)COc1ccc2c(c1)CCCC2. The third kappa shape index (κ3) is 4.84. The number of carbonyl (C=O) groups is 1. The number of rotatable bonds is 5. The third-order valence-corrected chi connectivity index (χ3v) is 6.42. The number of hydrogen-bond donors (Lipinski definition) is 0. The van der Waals surface area contributed by atoms with E-state index in [-0.39, 0.29) is 30.4 Å². The number of carbonyl (C=O) groups excluding carboxylic acids is 1. The molecular formula is C25H31FN2O2. The minimum Gasteiger partial charge on any atom is -0.484 e. The van der Waals surface area contributed by atoms with Crippen LogP contribution in [0.1, 0.15) is 43.4 Å². The van der Waals surface area contributed by atoms with Gasteiger partial charge in [-0.3, -0.25) is 9.69 Å². The Hall–Kier alpha value is -2.40. The van der Waals surface area contributed by atoms with E-state index < -0.39 is 0 Å². The Balaban J connectivity index is 1.32. The fourth-order valence-corrected chi connectivity index (χ4v) is 4.62. The Kier molecular flexibility index (Phi) is 6.38. The maximum Gasteiger partial charge on any atom is 0.260 e. The molecule has 160 valence electrons. The lowest BCUT2D eigenvalue weighted by atomic mass is 9.92. The van der Waals surface area contributed by atoms with Crippen molar-refractivity contribution >= 4 is 5.91 Å². The zero-order valence-electron chi connectivity index (χ0n) is 17.9. The van der Waals surface area contributed by atoms with Crippen LogP contribution < -0.4 is 4.74 Å². The van der Waals surface area contributed by atoms with E-state index in [1.165, 1.54) is 36.1 Å². The van der Waals surface area contributed by atoms with E-state index in [0.717, 1.165) is 37.2 Å². The van der Waals surface area contributed by atoms with Gasteiger partial charge in [0.1, 0.15) is 11.6 Å². The van der Waals surface area contributed by atoms with Crippen LogP contribution in [-0.4, -0.2) is 47.5 Å². The number of amides is 1. The molecule has 0 spiro atoms. The lowest BCUT2D eigenvalue weighted by Crippen LogP contribution is -2.58. The summed E-state index contributed by atoms with van der Waals surface area (Å²) in [7, 11) is 0. The first-order chi connectivity index (χ1) is 14.5. The first-order valence-corrected chi connectivity index (χ1v) is 11.0. The van der Waals surface area contributed by atoms with Gasteiger partial charge in [-0.05, 0) is 80.5 Å². The number of piperazine rings is 1. The second-order valence-corrected chi connectivity index (χ2v) is 8.73. The molecule has 0 saturated carbocycles. The number of hydrogen-bond acceptors (Lipinski definition) is 3. The molecule has 1 amide bonds. The predicted molar refractivity (Wildman–Crippen MR) is 116 cm³/mol. The summed E-state index contributed by atoms with van der Waals surface area (Å²) in [5.74, 6) is 0.614. The van der Waals surface area contributed by atoms with E-state index in [1.54, 1.807) is 0 Å². The second-order valence-electron chi connectivity index (χ2n) is 8.73. The van der Waals surface area contributed by atoms with Crippen molar-refractivity contribution < 1.29 is 13.9 Å². The van der Waals surface area contributed by atoms with Crippen LogP contribution >= 0.6 is 0 Å². The van der Waals surface area contributed by atoms with E-state index in [2.05, 4.69) is 30.9 Å². The summed E-state index contributed by atoms with van der Waals surface area (Å²) < 4.78 is 19.0. The van der Waals surface area contributed by atoms with Gasteiger partial charge in [0.15, 0.2) is 6.61 Å². The van der Waals surface area contributed by atoms with Crippen molar-refractivity contribution in [3.8, 4) is 5.75 Å². The van der Waals surface area contributed by atoms with Gasteiger partial charge in [0, 0.05) is 31.7 Å². The smallest absolute Gasteiger partial charge is 0.260 e. The standard InChI is InChI=1S/C25H31FN2O2/c1-18-15-28(19(2)14-27(18)16-20-7-10-23(26)11-8-20)25(29)17-30-24-12-9-21-5-3-4-6-22(21)13-24/h7-13,18-19H,3-6,14-17H2,1-2H3/t18-,19+/m0/s1. The van der Waals surface area contributed by atoms with E-state index in [9.17, 15) is 9.18 Å². The summed E-state index contributed by atoms with van der Waals surface area (Å²) in [4.78, 5) is 17.1. The third-order valence-electron chi connectivity index (χ3n) is 6.42. The highest BCUT2D eigenvalue weighted by Crippen LogP contribution is 2.25. The monoisotopic (exact) mass is 410 g/mol. The average molecular weight is 411 g/mol. The number of nitrogens with zero attached hydrogens (tertiary/aromatic N) is 2. The molecule has 1 aliphatic heterocycles. The minimum atomic E-state index is -0.213. The Morgan fingerprint density at radius 3 is 2.50 bits per heavy atom. The number of aryl methyl sites for hydroxylation is 2. The lowest BCUT2D eigenvalue weighted by molar-refractivity contribution is -0.139. The molecule has 2 aliphatic rings. The summed E-state index contributed by atoms with van der Waals surface area (Å²) in [5.41, 5.74) is 3.87.